The summed E-state index contributed by atoms with van der Waals surface area (Å²) >= 11 is 1.43. The lowest BCUT2D eigenvalue weighted by Crippen LogP contribution is -2.46. The van der Waals surface area contributed by atoms with E-state index in [1.165, 1.54) is 17.4 Å². The highest BCUT2D eigenvalue weighted by atomic mass is 32.1. The number of nitrogens with one attached hydrogen (secondary N) is 1. The predicted octanol–water partition coefficient (Wildman–Crippen LogP) is 4.42. The SMILES string of the molecule is CCc1nc(N2CCN(c3ccccc3F)CC2)sc1C(=O)Nc1ccccc1. The van der Waals surface area contributed by atoms with Gasteiger partial charge >= 0.3 is 0 Å². The molecule has 7 heteroatoms. The van der Waals surface area contributed by atoms with Crippen molar-refractivity contribution in [1.29, 1.82) is 0 Å². The van der Waals surface area contributed by atoms with Gasteiger partial charge in [-0.15, -0.1) is 0 Å². The molecule has 0 radical (unpaired) electrons. The Hall–Kier alpha value is -2.93. The number of rotatable bonds is 5. The van der Waals surface area contributed by atoms with Crippen LogP contribution in [-0.4, -0.2) is 37.1 Å². The molecule has 1 saturated heterocycles. The van der Waals surface area contributed by atoms with Gasteiger partial charge in [0.25, 0.3) is 5.91 Å². The van der Waals surface area contributed by atoms with Crippen molar-refractivity contribution < 1.29 is 9.18 Å². The number of hydrogen-bond donors (Lipinski definition) is 1. The minimum absolute atomic E-state index is 0.123. The molecule has 0 saturated carbocycles. The van der Waals surface area contributed by atoms with E-state index in [-0.39, 0.29) is 11.7 Å². The van der Waals surface area contributed by atoms with E-state index < -0.39 is 0 Å². The topological polar surface area (TPSA) is 48.5 Å². The number of benzene rings is 2. The first-order valence-corrected chi connectivity index (χ1v) is 10.6. The zero-order chi connectivity index (χ0) is 20.2. The van der Waals surface area contributed by atoms with Crippen LogP contribution in [-0.2, 0) is 6.42 Å². The number of piperazine rings is 1. The Morgan fingerprint density at radius 1 is 1.03 bits per heavy atom. The van der Waals surface area contributed by atoms with Crippen LogP contribution in [0.15, 0.2) is 54.6 Å². The summed E-state index contributed by atoms with van der Waals surface area (Å²) in [6.45, 7) is 4.92. The molecule has 3 aromatic rings. The summed E-state index contributed by atoms with van der Waals surface area (Å²) in [7, 11) is 0. The van der Waals surface area contributed by atoms with Gasteiger partial charge in [0.1, 0.15) is 10.7 Å². The Kier molecular flexibility index (Phi) is 5.76. The highest BCUT2D eigenvalue weighted by Crippen LogP contribution is 2.29. The number of anilines is 3. The first-order valence-electron chi connectivity index (χ1n) is 9.76. The van der Waals surface area contributed by atoms with Crippen molar-refractivity contribution in [2.24, 2.45) is 0 Å². The summed E-state index contributed by atoms with van der Waals surface area (Å²) in [5, 5.41) is 3.80. The maximum absolute atomic E-state index is 14.1. The second-order valence-corrected chi connectivity index (χ2v) is 7.85. The van der Waals surface area contributed by atoms with Crippen molar-refractivity contribution in [3.8, 4) is 0 Å². The molecule has 4 rings (SSSR count). The van der Waals surface area contributed by atoms with Crippen LogP contribution in [0.5, 0.6) is 0 Å². The van der Waals surface area contributed by atoms with Gasteiger partial charge < -0.3 is 15.1 Å². The fourth-order valence-corrected chi connectivity index (χ4v) is 4.55. The normalized spacial score (nSPS) is 14.1. The molecule has 0 spiro atoms. The Balaban J connectivity index is 1.46. The van der Waals surface area contributed by atoms with Crippen molar-refractivity contribution in [1.82, 2.24) is 4.98 Å². The Labute approximate surface area is 173 Å². The van der Waals surface area contributed by atoms with Crippen LogP contribution in [0, 0.1) is 5.82 Å². The summed E-state index contributed by atoms with van der Waals surface area (Å²) in [6.07, 6.45) is 0.698. The van der Waals surface area contributed by atoms with Crippen LogP contribution in [0.2, 0.25) is 0 Å². The molecule has 5 nitrogen and oxygen atoms in total. The number of carbonyl (C=O) groups excluding carboxylic acids is 1. The number of carbonyl (C=O) groups is 1. The Morgan fingerprint density at radius 2 is 1.69 bits per heavy atom. The number of halogens is 1. The van der Waals surface area contributed by atoms with Crippen LogP contribution < -0.4 is 15.1 Å². The maximum atomic E-state index is 14.1. The smallest absolute Gasteiger partial charge is 0.267 e. The van der Waals surface area contributed by atoms with Crippen LogP contribution in [0.3, 0.4) is 0 Å². The molecule has 2 aromatic carbocycles. The largest absolute Gasteiger partial charge is 0.366 e. The van der Waals surface area contributed by atoms with E-state index in [9.17, 15) is 9.18 Å². The molecule has 0 atom stereocenters. The van der Waals surface area contributed by atoms with Gasteiger partial charge in [-0.3, -0.25) is 4.79 Å². The second-order valence-electron chi connectivity index (χ2n) is 6.87. The van der Waals surface area contributed by atoms with Gasteiger partial charge in [0.15, 0.2) is 5.13 Å². The third-order valence-corrected chi connectivity index (χ3v) is 6.16. The lowest BCUT2D eigenvalue weighted by atomic mass is 10.2. The van der Waals surface area contributed by atoms with E-state index >= 15 is 0 Å². The van der Waals surface area contributed by atoms with E-state index in [0.29, 0.717) is 30.1 Å². The first kappa shape index (κ1) is 19.4. The van der Waals surface area contributed by atoms with E-state index in [2.05, 4.69) is 15.1 Å². The van der Waals surface area contributed by atoms with Crippen LogP contribution in [0.1, 0.15) is 22.3 Å². The summed E-state index contributed by atoms with van der Waals surface area (Å²) in [5.41, 5.74) is 2.23. The number of thiazole rings is 1. The van der Waals surface area contributed by atoms with Crippen molar-refractivity contribution in [3.63, 3.8) is 0 Å². The molecule has 1 aliphatic rings. The average Bonchev–Trinajstić information content (AvgIpc) is 3.20. The maximum Gasteiger partial charge on any atom is 0.267 e. The molecule has 1 amide bonds. The minimum atomic E-state index is -0.191. The molecule has 29 heavy (non-hydrogen) atoms. The van der Waals surface area contributed by atoms with Crippen LogP contribution in [0.25, 0.3) is 0 Å². The zero-order valence-corrected chi connectivity index (χ0v) is 17.1. The summed E-state index contributed by atoms with van der Waals surface area (Å²) in [6, 6.07) is 16.3. The minimum Gasteiger partial charge on any atom is -0.366 e. The Morgan fingerprint density at radius 3 is 2.38 bits per heavy atom. The van der Waals surface area contributed by atoms with Crippen molar-refractivity contribution >= 4 is 33.8 Å². The van der Waals surface area contributed by atoms with Gasteiger partial charge in [-0.05, 0) is 30.7 Å². The van der Waals surface area contributed by atoms with Crippen molar-refractivity contribution in [3.05, 3.63) is 71.0 Å². The monoisotopic (exact) mass is 410 g/mol. The number of amides is 1. The lowest BCUT2D eigenvalue weighted by molar-refractivity contribution is 0.102. The number of aromatic nitrogens is 1. The van der Waals surface area contributed by atoms with E-state index in [0.717, 1.165) is 29.6 Å². The van der Waals surface area contributed by atoms with Gasteiger partial charge in [-0.25, -0.2) is 9.37 Å². The number of hydrogen-bond acceptors (Lipinski definition) is 5. The van der Waals surface area contributed by atoms with E-state index in [1.807, 2.05) is 49.4 Å². The number of nitrogens with zero attached hydrogens (tertiary/aromatic N) is 3. The fourth-order valence-electron chi connectivity index (χ4n) is 3.45. The van der Waals surface area contributed by atoms with Gasteiger partial charge in [-0.2, -0.15) is 0 Å². The molecule has 0 aliphatic carbocycles. The molecule has 1 aromatic heterocycles. The second kappa shape index (κ2) is 8.61. The highest BCUT2D eigenvalue weighted by molar-refractivity contribution is 7.17. The number of aryl methyl sites for hydroxylation is 1. The summed E-state index contributed by atoms with van der Waals surface area (Å²) in [4.78, 5) is 22.4. The van der Waals surface area contributed by atoms with Gasteiger partial charge in [0.2, 0.25) is 0 Å². The van der Waals surface area contributed by atoms with Gasteiger partial charge in [0.05, 0.1) is 11.4 Å². The summed E-state index contributed by atoms with van der Waals surface area (Å²) < 4.78 is 14.1. The predicted molar refractivity (Wildman–Crippen MR) is 117 cm³/mol. The molecule has 1 N–H and O–H groups in total. The molecular formula is C22H23FN4OS. The third kappa shape index (κ3) is 4.24. The lowest BCUT2D eigenvalue weighted by Gasteiger charge is -2.36. The molecule has 0 unspecified atom stereocenters. The zero-order valence-electron chi connectivity index (χ0n) is 16.3. The molecule has 150 valence electrons. The number of para-hydroxylation sites is 2. The fraction of sp³-hybridized carbons (Fsp3) is 0.273. The van der Waals surface area contributed by atoms with Crippen LogP contribution in [0.4, 0.5) is 20.9 Å². The highest BCUT2D eigenvalue weighted by Gasteiger charge is 2.24. The van der Waals surface area contributed by atoms with Crippen LogP contribution >= 0.6 is 11.3 Å². The first-order chi connectivity index (χ1) is 14.2. The molecule has 1 fully saturated rings. The Bertz CT molecular complexity index is 983. The standard InChI is InChI=1S/C22H23FN4OS/c1-2-18-20(21(28)24-16-8-4-3-5-9-16)29-22(25-18)27-14-12-26(13-15-27)19-11-7-6-10-17(19)23/h3-11H,2,12-15H2,1H3,(H,24,28). The summed E-state index contributed by atoms with van der Waals surface area (Å²) in [5.74, 6) is -0.315. The molecule has 2 heterocycles. The molecule has 0 bridgehead atoms. The van der Waals surface area contributed by atoms with Gasteiger partial charge in [-0.1, -0.05) is 48.6 Å². The quantitative estimate of drug-likeness (QED) is 0.676. The molecule has 1 aliphatic heterocycles. The van der Waals surface area contributed by atoms with E-state index in [1.54, 1.807) is 6.07 Å². The third-order valence-electron chi connectivity index (χ3n) is 5.00. The average molecular weight is 411 g/mol. The van der Waals surface area contributed by atoms with Crippen molar-refractivity contribution in [2.75, 3.05) is 41.3 Å². The van der Waals surface area contributed by atoms with Crippen molar-refractivity contribution in [2.45, 2.75) is 13.3 Å². The van der Waals surface area contributed by atoms with Gasteiger partial charge in [0, 0.05) is 31.9 Å². The van der Waals surface area contributed by atoms with E-state index in [4.69, 9.17) is 4.98 Å². The molecular weight excluding hydrogens is 387 g/mol.